The molecule has 0 fully saturated rings. The first kappa shape index (κ1) is 21.8. The maximum absolute atomic E-state index is 13.1. The Kier molecular flexibility index (Phi) is 6.54. The van der Waals surface area contributed by atoms with Gasteiger partial charge in [0.05, 0.1) is 18.5 Å². The van der Waals surface area contributed by atoms with Crippen molar-refractivity contribution >= 4 is 23.2 Å². The number of ether oxygens (including phenoxy) is 1. The Bertz CT molecular complexity index is 1170. The summed E-state index contributed by atoms with van der Waals surface area (Å²) in [5.74, 6) is -0.497. The van der Waals surface area contributed by atoms with Crippen LogP contribution in [0, 0.1) is 12.7 Å². The van der Waals surface area contributed by atoms with Crippen LogP contribution in [0.15, 0.2) is 47.3 Å². The van der Waals surface area contributed by atoms with Crippen molar-refractivity contribution in [3.8, 4) is 11.4 Å². The van der Waals surface area contributed by atoms with Gasteiger partial charge in [0.25, 0.3) is 5.56 Å². The molecule has 9 heteroatoms. The van der Waals surface area contributed by atoms with E-state index < -0.39 is 5.82 Å². The molecule has 3 N–H and O–H groups in total. The molecule has 1 aromatic heterocycles. The summed E-state index contributed by atoms with van der Waals surface area (Å²) in [4.78, 5) is 36.5. The number of methoxy groups -OCH3 is 1. The molecule has 1 heterocycles. The Morgan fingerprint density at radius 2 is 1.84 bits per heavy atom. The summed E-state index contributed by atoms with van der Waals surface area (Å²) in [5, 5.41) is 8.36. The molecule has 0 atom stereocenters. The number of aromatic amines is 1. The topological polar surface area (TPSA) is 105 Å². The number of benzene rings is 2. The van der Waals surface area contributed by atoms with E-state index in [2.05, 4.69) is 15.7 Å². The molecule has 3 rings (SSSR count). The van der Waals surface area contributed by atoms with Crippen molar-refractivity contribution in [3.63, 3.8) is 0 Å². The van der Waals surface area contributed by atoms with E-state index in [4.69, 9.17) is 4.74 Å². The van der Waals surface area contributed by atoms with E-state index in [1.807, 2.05) is 0 Å². The fourth-order valence-electron chi connectivity index (χ4n) is 3.19. The number of aromatic nitrogens is 2. The first-order chi connectivity index (χ1) is 14.8. The van der Waals surface area contributed by atoms with Crippen molar-refractivity contribution in [2.45, 2.75) is 26.7 Å². The van der Waals surface area contributed by atoms with E-state index in [9.17, 15) is 18.8 Å². The van der Waals surface area contributed by atoms with Crippen molar-refractivity contribution in [1.82, 2.24) is 9.78 Å². The molecule has 31 heavy (non-hydrogen) atoms. The Labute approximate surface area is 178 Å². The minimum Gasteiger partial charge on any atom is -0.495 e. The summed E-state index contributed by atoms with van der Waals surface area (Å²) in [5.41, 5.74) is 2.25. The zero-order valence-electron chi connectivity index (χ0n) is 17.4. The number of nitrogens with one attached hydrogen (secondary N) is 3. The van der Waals surface area contributed by atoms with Gasteiger partial charge in [-0.15, -0.1) is 0 Å². The van der Waals surface area contributed by atoms with Gasteiger partial charge in [-0.3, -0.25) is 19.5 Å². The van der Waals surface area contributed by atoms with E-state index >= 15 is 0 Å². The van der Waals surface area contributed by atoms with Gasteiger partial charge in [0, 0.05) is 30.3 Å². The molecule has 0 saturated heterocycles. The lowest BCUT2D eigenvalue weighted by Crippen LogP contribution is -2.19. The Hall–Kier alpha value is -3.88. The smallest absolute Gasteiger partial charge is 0.274 e. The van der Waals surface area contributed by atoms with Crippen LogP contribution in [-0.4, -0.2) is 28.7 Å². The molecule has 162 valence electrons. The van der Waals surface area contributed by atoms with E-state index in [0.717, 1.165) is 0 Å². The maximum atomic E-state index is 13.1. The highest BCUT2D eigenvalue weighted by Crippen LogP contribution is 2.28. The average molecular weight is 426 g/mol. The standard InChI is InChI=1S/C22H23FN4O4/c1-13-18(22(30)27(26-13)17-7-4-15(23)5-8-17)9-11-21(29)25-19-12-16(24-14(2)28)6-10-20(19)31-3/h4-8,10,12,26H,9,11H2,1-3H3,(H,24,28)(H,25,29). The molecule has 8 nitrogen and oxygen atoms in total. The number of aryl methyl sites for hydroxylation is 1. The van der Waals surface area contributed by atoms with Gasteiger partial charge in [-0.1, -0.05) is 0 Å². The summed E-state index contributed by atoms with van der Waals surface area (Å²) in [6, 6.07) is 10.4. The van der Waals surface area contributed by atoms with Crippen molar-refractivity contribution in [2.24, 2.45) is 0 Å². The van der Waals surface area contributed by atoms with E-state index in [0.29, 0.717) is 34.1 Å². The summed E-state index contributed by atoms with van der Waals surface area (Å²) >= 11 is 0. The van der Waals surface area contributed by atoms with Crippen LogP contribution in [0.1, 0.15) is 24.6 Å². The molecule has 0 unspecified atom stereocenters. The maximum Gasteiger partial charge on any atom is 0.274 e. The minimum atomic E-state index is -0.394. The molecule has 0 aliphatic rings. The SMILES string of the molecule is COc1ccc(NC(C)=O)cc1NC(=O)CCc1c(C)[nH]n(-c2ccc(F)cc2)c1=O. The minimum absolute atomic E-state index is 0.0604. The van der Waals surface area contributed by atoms with E-state index in [-0.39, 0.29) is 30.2 Å². The zero-order chi connectivity index (χ0) is 22.5. The molecule has 3 aromatic rings. The highest BCUT2D eigenvalue weighted by Gasteiger charge is 2.15. The normalized spacial score (nSPS) is 10.6. The van der Waals surface area contributed by atoms with Crippen LogP contribution in [0.4, 0.5) is 15.8 Å². The number of H-pyrrole nitrogens is 1. The Balaban J connectivity index is 1.72. The molecule has 0 saturated carbocycles. The molecule has 0 spiro atoms. The van der Waals surface area contributed by atoms with Crippen LogP contribution in [-0.2, 0) is 16.0 Å². The van der Waals surface area contributed by atoms with Gasteiger partial charge in [0.15, 0.2) is 0 Å². The second kappa shape index (κ2) is 9.29. The van der Waals surface area contributed by atoms with Crippen molar-refractivity contribution < 1.29 is 18.7 Å². The lowest BCUT2D eigenvalue weighted by Gasteiger charge is -2.12. The third kappa shape index (κ3) is 5.19. The van der Waals surface area contributed by atoms with E-state index in [1.165, 1.54) is 43.0 Å². The van der Waals surface area contributed by atoms with Gasteiger partial charge in [-0.05, 0) is 55.8 Å². The zero-order valence-corrected chi connectivity index (χ0v) is 17.4. The number of rotatable bonds is 7. The summed E-state index contributed by atoms with van der Waals surface area (Å²) in [7, 11) is 1.48. The quantitative estimate of drug-likeness (QED) is 0.540. The molecule has 2 aromatic carbocycles. The van der Waals surface area contributed by atoms with Crippen LogP contribution in [0.3, 0.4) is 0 Å². The van der Waals surface area contributed by atoms with Gasteiger partial charge < -0.3 is 15.4 Å². The Morgan fingerprint density at radius 3 is 2.48 bits per heavy atom. The number of anilines is 2. The lowest BCUT2D eigenvalue weighted by atomic mass is 10.1. The molecule has 0 radical (unpaired) electrons. The van der Waals surface area contributed by atoms with Gasteiger partial charge in [-0.25, -0.2) is 9.07 Å². The van der Waals surface area contributed by atoms with Crippen LogP contribution in [0.2, 0.25) is 0 Å². The van der Waals surface area contributed by atoms with Gasteiger partial charge in [0.1, 0.15) is 11.6 Å². The second-order valence-corrected chi connectivity index (χ2v) is 6.98. The number of hydrogen-bond donors (Lipinski definition) is 3. The number of carbonyl (C=O) groups excluding carboxylic acids is 2. The monoisotopic (exact) mass is 426 g/mol. The van der Waals surface area contributed by atoms with Crippen LogP contribution >= 0.6 is 0 Å². The van der Waals surface area contributed by atoms with Crippen molar-refractivity contribution in [1.29, 1.82) is 0 Å². The van der Waals surface area contributed by atoms with Crippen molar-refractivity contribution in [3.05, 3.63) is 69.9 Å². The first-order valence-electron chi connectivity index (χ1n) is 9.60. The predicted molar refractivity (Wildman–Crippen MR) is 115 cm³/mol. The van der Waals surface area contributed by atoms with Gasteiger partial charge in [-0.2, -0.15) is 0 Å². The first-order valence-corrected chi connectivity index (χ1v) is 9.60. The molecule has 2 amide bonds. The van der Waals surface area contributed by atoms with Gasteiger partial charge in [0.2, 0.25) is 11.8 Å². The number of hydrogen-bond acceptors (Lipinski definition) is 4. The number of halogens is 1. The van der Waals surface area contributed by atoms with Crippen molar-refractivity contribution in [2.75, 3.05) is 17.7 Å². The third-order valence-corrected chi connectivity index (χ3v) is 4.67. The molecular weight excluding hydrogens is 403 g/mol. The number of amides is 2. The van der Waals surface area contributed by atoms with E-state index in [1.54, 1.807) is 25.1 Å². The molecular formula is C22H23FN4O4. The second-order valence-electron chi connectivity index (χ2n) is 6.98. The lowest BCUT2D eigenvalue weighted by molar-refractivity contribution is -0.116. The Morgan fingerprint density at radius 1 is 1.13 bits per heavy atom. The van der Waals surface area contributed by atoms with Crippen LogP contribution in [0.25, 0.3) is 5.69 Å². The summed E-state index contributed by atoms with van der Waals surface area (Å²) in [6.07, 6.45) is 0.278. The fraction of sp³-hybridized carbons (Fsp3) is 0.227. The third-order valence-electron chi connectivity index (χ3n) is 4.67. The fourth-order valence-corrected chi connectivity index (χ4v) is 3.19. The van der Waals surface area contributed by atoms with Gasteiger partial charge >= 0.3 is 0 Å². The molecule has 0 bridgehead atoms. The highest BCUT2D eigenvalue weighted by atomic mass is 19.1. The van der Waals surface area contributed by atoms with Crippen LogP contribution in [0.5, 0.6) is 5.75 Å². The number of nitrogens with zero attached hydrogens (tertiary/aromatic N) is 1. The largest absolute Gasteiger partial charge is 0.495 e. The summed E-state index contributed by atoms with van der Waals surface area (Å²) < 4.78 is 19.7. The predicted octanol–water partition coefficient (Wildman–Crippen LogP) is 3.15. The van der Waals surface area contributed by atoms with Crippen LogP contribution < -0.4 is 20.9 Å². The summed E-state index contributed by atoms with van der Waals surface area (Å²) in [6.45, 7) is 3.13. The highest BCUT2D eigenvalue weighted by molar-refractivity contribution is 5.95. The molecule has 0 aliphatic heterocycles. The molecule has 0 aliphatic carbocycles. The number of carbonyl (C=O) groups is 2. The average Bonchev–Trinajstić information content (AvgIpc) is 3.00.